The van der Waals surface area contributed by atoms with Crippen LogP contribution in [-0.2, 0) is 6.54 Å². The Balaban J connectivity index is 1.66. The monoisotopic (exact) mass is 368 g/mol. The second-order valence-electron chi connectivity index (χ2n) is 6.55. The van der Waals surface area contributed by atoms with Gasteiger partial charge in [0.15, 0.2) is 0 Å². The van der Waals surface area contributed by atoms with Crippen LogP contribution in [0.15, 0.2) is 89.3 Å². The van der Waals surface area contributed by atoms with Gasteiger partial charge in [-0.3, -0.25) is 9.36 Å². The van der Waals surface area contributed by atoms with Gasteiger partial charge in [0.05, 0.1) is 18.3 Å². The highest BCUT2D eigenvalue weighted by Crippen LogP contribution is 2.32. The molecule has 0 bridgehead atoms. The first kappa shape index (κ1) is 16.0. The molecule has 0 spiro atoms. The topological polar surface area (TPSA) is 34.9 Å². The van der Waals surface area contributed by atoms with Gasteiger partial charge in [-0.25, -0.2) is 4.98 Å². The number of fused-ring (bicyclic) bond motifs is 2. The normalized spacial score (nSPS) is 11.3. The van der Waals surface area contributed by atoms with Gasteiger partial charge in [0.1, 0.15) is 4.83 Å². The molecule has 0 atom stereocenters. The zero-order chi connectivity index (χ0) is 18.2. The quantitative estimate of drug-likeness (QED) is 0.432. The average Bonchev–Trinajstić information content (AvgIpc) is 3.15. The summed E-state index contributed by atoms with van der Waals surface area (Å²) in [5.41, 5.74) is 3.11. The summed E-state index contributed by atoms with van der Waals surface area (Å²) in [5, 5.41) is 5.10. The summed E-state index contributed by atoms with van der Waals surface area (Å²) in [7, 11) is 0. The predicted molar refractivity (Wildman–Crippen MR) is 112 cm³/mol. The van der Waals surface area contributed by atoms with E-state index in [2.05, 4.69) is 35.3 Å². The van der Waals surface area contributed by atoms with E-state index in [0.717, 1.165) is 21.5 Å². The van der Waals surface area contributed by atoms with Gasteiger partial charge in [-0.15, -0.1) is 11.3 Å². The maximum absolute atomic E-state index is 13.2. The van der Waals surface area contributed by atoms with Crippen molar-refractivity contribution in [1.29, 1.82) is 0 Å². The van der Waals surface area contributed by atoms with Gasteiger partial charge in [-0.1, -0.05) is 66.7 Å². The fraction of sp³-hybridized carbons (Fsp3) is 0.0435. The summed E-state index contributed by atoms with van der Waals surface area (Å²) in [5.74, 6) is 0. The van der Waals surface area contributed by atoms with Crippen LogP contribution in [-0.4, -0.2) is 9.55 Å². The average molecular weight is 368 g/mol. The molecule has 27 heavy (non-hydrogen) atoms. The molecule has 0 radical (unpaired) electrons. The number of nitrogens with zero attached hydrogens (tertiary/aromatic N) is 2. The van der Waals surface area contributed by atoms with Crippen LogP contribution in [0.4, 0.5) is 0 Å². The van der Waals surface area contributed by atoms with Crippen LogP contribution in [0, 0.1) is 0 Å². The summed E-state index contributed by atoms with van der Waals surface area (Å²) >= 11 is 1.52. The van der Waals surface area contributed by atoms with E-state index in [0.29, 0.717) is 11.9 Å². The van der Waals surface area contributed by atoms with Crippen molar-refractivity contribution in [3.05, 3.63) is 100 Å². The Morgan fingerprint density at radius 3 is 2.52 bits per heavy atom. The van der Waals surface area contributed by atoms with Crippen molar-refractivity contribution in [2.75, 3.05) is 0 Å². The molecular weight excluding hydrogens is 352 g/mol. The van der Waals surface area contributed by atoms with E-state index in [-0.39, 0.29) is 5.56 Å². The highest BCUT2D eigenvalue weighted by atomic mass is 32.1. The lowest BCUT2D eigenvalue weighted by Gasteiger charge is -2.07. The van der Waals surface area contributed by atoms with E-state index in [9.17, 15) is 4.79 Å². The molecule has 0 N–H and O–H groups in total. The molecule has 130 valence electrons. The van der Waals surface area contributed by atoms with Gasteiger partial charge in [0, 0.05) is 10.9 Å². The van der Waals surface area contributed by atoms with Crippen LogP contribution in [0.25, 0.3) is 32.1 Å². The van der Waals surface area contributed by atoms with Crippen molar-refractivity contribution in [2.24, 2.45) is 0 Å². The summed E-state index contributed by atoms with van der Waals surface area (Å²) < 4.78 is 1.69. The Morgan fingerprint density at radius 2 is 1.67 bits per heavy atom. The second-order valence-corrected chi connectivity index (χ2v) is 7.41. The molecule has 4 heteroatoms. The molecular formula is C23H16N2OS. The fourth-order valence-corrected chi connectivity index (χ4v) is 4.34. The molecule has 3 nitrogen and oxygen atoms in total. The highest BCUT2D eigenvalue weighted by molar-refractivity contribution is 7.17. The third kappa shape index (κ3) is 2.84. The molecule has 3 aromatic carbocycles. The molecule has 0 fully saturated rings. The van der Waals surface area contributed by atoms with Gasteiger partial charge in [0.2, 0.25) is 0 Å². The van der Waals surface area contributed by atoms with Crippen molar-refractivity contribution in [2.45, 2.75) is 6.54 Å². The lowest BCUT2D eigenvalue weighted by atomic mass is 10.0. The van der Waals surface area contributed by atoms with Crippen molar-refractivity contribution < 1.29 is 0 Å². The Labute approximate surface area is 160 Å². The van der Waals surface area contributed by atoms with Gasteiger partial charge in [-0.05, 0) is 28.0 Å². The van der Waals surface area contributed by atoms with Crippen LogP contribution in [0.3, 0.4) is 0 Å². The minimum Gasteiger partial charge on any atom is -0.294 e. The molecule has 0 unspecified atom stereocenters. The SMILES string of the molecule is O=c1c2c(-c3ccc4ccccc4c3)csc2ncn1Cc1ccccc1. The van der Waals surface area contributed by atoms with Crippen molar-refractivity contribution in [3.8, 4) is 11.1 Å². The van der Waals surface area contributed by atoms with Crippen molar-refractivity contribution >= 4 is 32.3 Å². The number of rotatable bonds is 3. The predicted octanol–water partition coefficient (Wildman–Crippen LogP) is 5.33. The Hall–Kier alpha value is -3.24. The number of benzene rings is 3. The van der Waals surface area contributed by atoms with Crippen LogP contribution in [0.5, 0.6) is 0 Å². The molecule has 0 saturated carbocycles. The first-order valence-corrected chi connectivity index (χ1v) is 9.67. The second kappa shape index (κ2) is 6.49. The number of hydrogen-bond donors (Lipinski definition) is 0. The zero-order valence-corrected chi connectivity index (χ0v) is 15.3. The molecule has 2 heterocycles. The molecule has 2 aromatic heterocycles. The standard InChI is InChI=1S/C23H16N2OS/c26-23-21-20(19-11-10-17-8-4-5-9-18(17)12-19)14-27-22(21)24-15-25(23)13-16-6-2-1-3-7-16/h1-12,14-15H,13H2. The van der Waals surface area contributed by atoms with Crippen molar-refractivity contribution in [3.63, 3.8) is 0 Å². The molecule has 0 aliphatic heterocycles. The van der Waals surface area contributed by atoms with Crippen LogP contribution < -0.4 is 5.56 Å². The summed E-state index contributed by atoms with van der Waals surface area (Å²) in [4.78, 5) is 18.5. The smallest absolute Gasteiger partial charge is 0.263 e. The third-order valence-electron chi connectivity index (χ3n) is 4.82. The lowest BCUT2D eigenvalue weighted by molar-refractivity contribution is 0.749. The van der Waals surface area contributed by atoms with Gasteiger partial charge >= 0.3 is 0 Å². The highest BCUT2D eigenvalue weighted by Gasteiger charge is 2.13. The fourth-order valence-electron chi connectivity index (χ4n) is 3.43. The van der Waals surface area contributed by atoms with E-state index in [1.807, 2.05) is 47.8 Å². The van der Waals surface area contributed by atoms with E-state index in [1.54, 1.807) is 10.9 Å². The first-order chi connectivity index (χ1) is 13.3. The Bertz CT molecular complexity index is 1320. The lowest BCUT2D eigenvalue weighted by Crippen LogP contribution is -2.20. The van der Waals surface area contributed by atoms with Gasteiger partial charge in [-0.2, -0.15) is 0 Å². The minimum atomic E-state index is 0.00765. The van der Waals surface area contributed by atoms with Crippen LogP contribution in [0.2, 0.25) is 0 Å². The van der Waals surface area contributed by atoms with Gasteiger partial charge in [0.25, 0.3) is 5.56 Å². The summed E-state index contributed by atoms with van der Waals surface area (Å²) in [6.07, 6.45) is 1.65. The largest absolute Gasteiger partial charge is 0.294 e. The molecule has 0 amide bonds. The van der Waals surface area contributed by atoms with Crippen molar-refractivity contribution in [1.82, 2.24) is 9.55 Å². The zero-order valence-electron chi connectivity index (χ0n) is 14.5. The maximum atomic E-state index is 13.2. The Kier molecular flexibility index (Phi) is 3.84. The maximum Gasteiger partial charge on any atom is 0.263 e. The number of hydrogen-bond acceptors (Lipinski definition) is 3. The molecule has 0 aliphatic carbocycles. The Morgan fingerprint density at radius 1 is 0.889 bits per heavy atom. The molecule has 0 saturated heterocycles. The van der Waals surface area contributed by atoms with E-state index < -0.39 is 0 Å². The number of aromatic nitrogens is 2. The number of thiophene rings is 1. The van der Waals surface area contributed by atoms with E-state index >= 15 is 0 Å². The van der Waals surface area contributed by atoms with Crippen LogP contribution in [0.1, 0.15) is 5.56 Å². The molecule has 0 aliphatic rings. The first-order valence-electron chi connectivity index (χ1n) is 8.79. The summed E-state index contributed by atoms with van der Waals surface area (Å²) in [6.45, 7) is 0.523. The van der Waals surface area contributed by atoms with Gasteiger partial charge < -0.3 is 0 Å². The van der Waals surface area contributed by atoms with E-state index in [4.69, 9.17) is 0 Å². The van der Waals surface area contributed by atoms with E-state index in [1.165, 1.54) is 22.1 Å². The van der Waals surface area contributed by atoms with Crippen LogP contribution >= 0.6 is 11.3 Å². The third-order valence-corrected chi connectivity index (χ3v) is 5.70. The summed E-state index contributed by atoms with van der Waals surface area (Å²) in [6, 6.07) is 24.6. The minimum absolute atomic E-state index is 0.00765. The molecule has 5 rings (SSSR count). The molecule has 5 aromatic rings.